The summed E-state index contributed by atoms with van der Waals surface area (Å²) < 4.78 is 5.03. The maximum absolute atomic E-state index is 2.67. The summed E-state index contributed by atoms with van der Waals surface area (Å²) in [4.78, 5) is 15.4. The third-order valence-electron chi connectivity index (χ3n) is 22.1. The van der Waals surface area contributed by atoms with Gasteiger partial charge in [-0.3, -0.25) is 0 Å². The van der Waals surface area contributed by atoms with E-state index in [0.29, 0.717) is 0 Å². The van der Waals surface area contributed by atoms with Gasteiger partial charge in [0.1, 0.15) is 0 Å². The van der Waals surface area contributed by atoms with Crippen LogP contribution >= 0.6 is 22.7 Å². The summed E-state index contributed by atoms with van der Waals surface area (Å²) in [7, 11) is 0. The van der Waals surface area contributed by atoms with Crippen LogP contribution in [0.5, 0.6) is 0 Å². The van der Waals surface area contributed by atoms with Gasteiger partial charge in [0.05, 0.1) is 33.1 Å². The minimum atomic E-state index is -0.239. The van der Waals surface area contributed by atoms with Gasteiger partial charge >= 0.3 is 0 Å². The molecule has 6 heterocycles. The molecular weight excluding hydrogens is 1320 g/mol. The molecule has 0 spiro atoms. The monoisotopic (exact) mass is 1380 g/mol. The first-order chi connectivity index (χ1) is 52.6. The van der Waals surface area contributed by atoms with E-state index in [1.807, 2.05) is 22.7 Å². The number of thiophene rings is 2. The number of anilines is 18. The van der Waals surface area contributed by atoms with E-state index in [0.717, 1.165) is 113 Å². The van der Waals surface area contributed by atoms with Crippen molar-refractivity contribution in [3.63, 3.8) is 0 Å². The van der Waals surface area contributed by atoms with Crippen molar-refractivity contribution >= 4 is 212 Å². The van der Waals surface area contributed by atoms with E-state index < -0.39 is 0 Å². The molecule has 2 aromatic heterocycles. The molecule has 0 unspecified atom stereocenters. The molecule has 494 valence electrons. The van der Waals surface area contributed by atoms with Gasteiger partial charge in [0, 0.05) is 115 Å². The Bertz CT molecular complexity index is 6490. The number of benzene rings is 16. The molecular formula is C96H62B2N6S2. The maximum atomic E-state index is 2.67. The summed E-state index contributed by atoms with van der Waals surface area (Å²) in [5.41, 5.74) is 29.5. The van der Waals surface area contributed by atoms with Gasteiger partial charge in [-0.25, -0.2) is 0 Å². The van der Waals surface area contributed by atoms with Crippen molar-refractivity contribution in [3.8, 4) is 11.1 Å². The highest BCUT2D eigenvalue weighted by Crippen LogP contribution is 2.55. The molecule has 18 aromatic rings. The third-order valence-corrected chi connectivity index (χ3v) is 24.4. The summed E-state index contributed by atoms with van der Waals surface area (Å²) in [6.07, 6.45) is 0. The molecule has 0 radical (unpaired) electrons. The quantitative estimate of drug-likeness (QED) is 0.119. The standard InChI is InChI=1S/C96H62B2N6S2/c1-7-31-63(32-8-1)71-43-19-24-49-79(71)103-85-62-84-77(61-78(85)98-76-48-23-26-51-81(76)104(82-52-30-56-92-93(82)74-45-21-28-55-91(74)105-92)89-58-69(57-88(103)95(89)98)99(64-33-9-2-10-34-64)65-35-11-3-12-36-65)97-75-47-22-25-50-80(75)101(67-39-15-5-16-40-67)86-59-70(60-87(94(86)97)102(84)68-41-17-6-18-42-68)100(66-37-13-4-14-38-66)83-53-29-46-73-72-44-20-27-54-90(72)106-96(73)83/h1-62H. The molecule has 0 atom stereocenters. The van der Waals surface area contributed by atoms with Crippen molar-refractivity contribution in [2.45, 2.75) is 0 Å². The second kappa shape index (κ2) is 24.3. The molecule has 0 fully saturated rings. The zero-order valence-electron chi connectivity index (χ0n) is 57.5. The number of hydrogen-bond donors (Lipinski definition) is 0. The highest BCUT2D eigenvalue weighted by atomic mass is 32.1. The second-order valence-electron chi connectivity index (χ2n) is 27.8. The Labute approximate surface area is 623 Å². The first kappa shape index (κ1) is 60.5. The fourth-order valence-corrected chi connectivity index (χ4v) is 20.2. The predicted octanol–water partition coefficient (Wildman–Crippen LogP) is 23.2. The average Bonchev–Trinajstić information content (AvgIpc) is 0.788. The Morgan fingerprint density at radius 2 is 0.642 bits per heavy atom. The van der Waals surface area contributed by atoms with Gasteiger partial charge in [-0.2, -0.15) is 0 Å². The molecule has 0 saturated heterocycles. The lowest BCUT2D eigenvalue weighted by Gasteiger charge is -2.48. The molecule has 22 rings (SSSR count). The number of nitrogens with zero attached hydrogens (tertiary/aromatic N) is 6. The van der Waals surface area contributed by atoms with Crippen LogP contribution in [0.3, 0.4) is 0 Å². The minimum absolute atomic E-state index is 0.218. The summed E-state index contributed by atoms with van der Waals surface area (Å²) in [6.45, 7) is -0.457. The van der Waals surface area contributed by atoms with Crippen molar-refractivity contribution in [2.24, 2.45) is 0 Å². The second-order valence-corrected chi connectivity index (χ2v) is 30.0. The smallest absolute Gasteiger partial charge is 0.252 e. The Morgan fingerprint density at radius 3 is 1.25 bits per heavy atom. The summed E-state index contributed by atoms with van der Waals surface area (Å²) in [6, 6.07) is 141. The van der Waals surface area contributed by atoms with Crippen LogP contribution in [-0.4, -0.2) is 13.4 Å². The highest BCUT2D eigenvalue weighted by Gasteiger charge is 2.49. The van der Waals surface area contributed by atoms with E-state index in [1.54, 1.807) is 0 Å². The van der Waals surface area contributed by atoms with Crippen LogP contribution in [0.1, 0.15) is 0 Å². The normalized spacial score (nSPS) is 13.0. The van der Waals surface area contributed by atoms with Gasteiger partial charge in [0.15, 0.2) is 0 Å². The van der Waals surface area contributed by atoms with E-state index in [1.165, 1.54) is 73.1 Å². The molecule has 6 nitrogen and oxygen atoms in total. The lowest BCUT2D eigenvalue weighted by Crippen LogP contribution is -2.65. The van der Waals surface area contributed by atoms with Crippen LogP contribution in [0, 0.1) is 0 Å². The lowest BCUT2D eigenvalue weighted by molar-refractivity contribution is 1.22. The molecule has 4 aliphatic rings. The van der Waals surface area contributed by atoms with Gasteiger partial charge in [0.25, 0.3) is 13.4 Å². The topological polar surface area (TPSA) is 19.4 Å². The van der Waals surface area contributed by atoms with Gasteiger partial charge in [-0.05, 0) is 178 Å². The molecule has 4 aliphatic heterocycles. The lowest BCUT2D eigenvalue weighted by atomic mass is 9.30. The number of para-hydroxylation sites is 8. The molecule has 16 aromatic carbocycles. The maximum Gasteiger partial charge on any atom is 0.252 e. The van der Waals surface area contributed by atoms with E-state index >= 15 is 0 Å². The van der Waals surface area contributed by atoms with Gasteiger partial charge < -0.3 is 29.4 Å². The average molecular weight is 1390 g/mol. The van der Waals surface area contributed by atoms with Crippen molar-refractivity contribution in [1.82, 2.24) is 0 Å². The van der Waals surface area contributed by atoms with Crippen LogP contribution in [0.2, 0.25) is 0 Å². The van der Waals surface area contributed by atoms with Crippen LogP contribution in [0.25, 0.3) is 51.5 Å². The Morgan fingerprint density at radius 1 is 0.236 bits per heavy atom. The Hall–Kier alpha value is -13.1. The van der Waals surface area contributed by atoms with Crippen molar-refractivity contribution in [3.05, 3.63) is 376 Å². The number of rotatable bonds is 11. The van der Waals surface area contributed by atoms with Crippen molar-refractivity contribution < 1.29 is 0 Å². The zero-order valence-corrected chi connectivity index (χ0v) is 59.1. The van der Waals surface area contributed by atoms with E-state index in [4.69, 9.17) is 0 Å². The summed E-state index contributed by atoms with van der Waals surface area (Å²) >= 11 is 3.74. The fourth-order valence-electron chi connectivity index (χ4n) is 17.8. The van der Waals surface area contributed by atoms with E-state index in [9.17, 15) is 0 Å². The van der Waals surface area contributed by atoms with Gasteiger partial charge in [-0.15, -0.1) is 22.7 Å². The molecule has 0 saturated carbocycles. The minimum Gasteiger partial charge on any atom is -0.311 e. The molecule has 0 aliphatic carbocycles. The molecule has 0 bridgehead atoms. The SMILES string of the molecule is c1ccc(-c2ccccc2N2c3cc4c(cc3B3c5ccccc5N(c5cccc6sc7ccccc7c56)c5cc(N(c6ccccc6)c6ccccc6)cc2c53)B2c3ccccc3N(c3ccccc3)c3cc(N(c5ccccc5)c5cccc6c5sc5ccccc56)cc(c32)N4c2ccccc2)cc1. The van der Waals surface area contributed by atoms with Crippen LogP contribution in [0.15, 0.2) is 376 Å². The van der Waals surface area contributed by atoms with E-state index in [-0.39, 0.29) is 13.4 Å². The summed E-state index contributed by atoms with van der Waals surface area (Å²) in [5.74, 6) is 0. The Balaban J connectivity index is 0.878. The third kappa shape index (κ3) is 9.24. The number of fused-ring (bicyclic) bond motifs is 14. The molecule has 106 heavy (non-hydrogen) atoms. The largest absolute Gasteiger partial charge is 0.311 e. The fraction of sp³-hybridized carbons (Fsp3) is 0. The molecule has 0 amide bonds. The van der Waals surface area contributed by atoms with Crippen molar-refractivity contribution in [2.75, 3.05) is 29.4 Å². The zero-order chi connectivity index (χ0) is 69.5. The first-order valence-electron chi connectivity index (χ1n) is 36.4. The summed E-state index contributed by atoms with van der Waals surface area (Å²) in [5, 5.41) is 5.01. The van der Waals surface area contributed by atoms with Crippen LogP contribution < -0.4 is 62.2 Å². The predicted molar refractivity (Wildman–Crippen MR) is 455 cm³/mol. The van der Waals surface area contributed by atoms with Crippen LogP contribution in [0.4, 0.5) is 102 Å². The van der Waals surface area contributed by atoms with E-state index in [2.05, 4.69) is 406 Å². The molecule has 0 N–H and O–H groups in total. The Kier molecular flexibility index (Phi) is 13.8. The highest BCUT2D eigenvalue weighted by molar-refractivity contribution is 7.26. The van der Waals surface area contributed by atoms with Crippen molar-refractivity contribution in [1.29, 1.82) is 0 Å². The van der Waals surface area contributed by atoms with Gasteiger partial charge in [0.2, 0.25) is 0 Å². The molecule has 10 heteroatoms. The first-order valence-corrected chi connectivity index (χ1v) is 38.0. The van der Waals surface area contributed by atoms with Crippen LogP contribution in [-0.2, 0) is 0 Å². The van der Waals surface area contributed by atoms with Gasteiger partial charge in [-0.1, -0.05) is 237 Å². The number of hydrogen-bond acceptors (Lipinski definition) is 8.